The molecule has 0 radical (unpaired) electrons. The van der Waals surface area contributed by atoms with E-state index in [0.29, 0.717) is 5.56 Å². The van der Waals surface area contributed by atoms with Gasteiger partial charge in [0.1, 0.15) is 6.54 Å². The van der Waals surface area contributed by atoms with Crippen molar-refractivity contribution in [2.45, 2.75) is 16.1 Å². The lowest BCUT2D eigenvalue weighted by molar-refractivity contribution is -0.155. The Hall–Kier alpha value is -2.27. The van der Waals surface area contributed by atoms with Crippen molar-refractivity contribution in [2.24, 2.45) is 23.7 Å². The summed E-state index contributed by atoms with van der Waals surface area (Å²) < 4.78 is 4.87. The number of alkyl halides is 2. The van der Waals surface area contributed by atoms with Crippen LogP contribution in [0.15, 0.2) is 30.3 Å². The van der Waals surface area contributed by atoms with Crippen LogP contribution in [0.1, 0.15) is 16.8 Å². The molecule has 164 valence electrons. The van der Waals surface area contributed by atoms with Crippen molar-refractivity contribution in [2.75, 3.05) is 13.2 Å². The molecule has 3 fully saturated rings. The van der Waals surface area contributed by atoms with Crippen LogP contribution in [-0.2, 0) is 23.9 Å². The summed E-state index contributed by atoms with van der Waals surface area (Å²) in [5.41, 5.74) is 4.69. The topological polar surface area (TPSA) is 122 Å². The van der Waals surface area contributed by atoms with Crippen LogP contribution in [0, 0.1) is 23.7 Å². The number of hydrogen-bond acceptors (Lipinski definition) is 6. The number of benzene rings is 1. The zero-order chi connectivity index (χ0) is 22.3. The van der Waals surface area contributed by atoms with Crippen molar-refractivity contribution in [3.63, 3.8) is 0 Å². The zero-order valence-corrected chi connectivity index (χ0v) is 19.3. The Morgan fingerprint density at radius 3 is 2.13 bits per heavy atom. The van der Waals surface area contributed by atoms with Gasteiger partial charge in [-0.1, -0.05) is 50.1 Å². The quantitative estimate of drug-likeness (QED) is 0.239. The number of halogens is 2. The van der Waals surface area contributed by atoms with Gasteiger partial charge < -0.3 is 4.74 Å². The molecule has 1 aliphatic heterocycles. The van der Waals surface area contributed by atoms with Crippen molar-refractivity contribution in [1.82, 2.24) is 15.8 Å². The third-order valence-corrected chi connectivity index (χ3v) is 9.29. The number of esters is 1. The van der Waals surface area contributed by atoms with E-state index in [-0.39, 0.29) is 33.3 Å². The van der Waals surface area contributed by atoms with Crippen LogP contribution >= 0.6 is 31.9 Å². The average Bonchev–Trinajstić information content (AvgIpc) is 3.37. The van der Waals surface area contributed by atoms with Crippen LogP contribution < -0.4 is 10.9 Å². The largest absolute Gasteiger partial charge is 0.454 e. The highest BCUT2D eigenvalue weighted by Gasteiger charge is 2.66. The van der Waals surface area contributed by atoms with E-state index in [4.69, 9.17) is 4.74 Å². The average molecular weight is 557 g/mol. The van der Waals surface area contributed by atoms with E-state index in [1.807, 2.05) is 0 Å². The summed E-state index contributed by atoms with van der Waals surface area (Å²) in [6, 6.07) is 8.24. The molecule has 2 bridgehead atoms. The summed E-state index contributed by atoms with van der Waals surface area (Å²) in [6.45, 7) is -1.19. The van der Waals surface area contributed by atoms with E-state index < -0.39 is 42.8 Å². The number of carbonyl (C=O) groups excluding carboxylic acids is 5. The van der Waals surface area contributed by atoms with Crippen LogP contribution in [0.3, 0.4) is 0 Å². The van der Waals surface area contributed by atoms with Gasteiger partial charge in [-0.15, -0.1) is 0 Å². The van der Waals surface area contributed by atoms with Gasteiger partial charge in [0.2, 0.25) is 11.8 Å². The van der Waals surface area contributed by atoms with Crippen LogP contribution in [-0.4, -0.2) is 57.3 Å². The highest BCUT2D eigenvalue weighted by atomic mass is 79.9. The smallest absolute Gasteiger partial charge is 0.326 e. The maximum Gasteiger partial charge on any atom is 0.326 e. The lowest BCUT2D eigenvalue weighted by Gasteiger charge is -2.28. The Bertz CT molecular complexity index is 910. The summed E-state index contributed by atoms with van der Waals surface area (Å²) in [7, 11) is 0. The normalized spacial score (nSPS) is 30.8. The van der Waals surface area contributed by atoms with Crippen molar-refractivity contribution >= 4 is 61.5 Å². The zero-order valence-electron chi connectivity index (χ0n) is 16.1. The Kier molecular flexibility index (Phi) is 6.16. The molecule has 4 rings (SSSR count). The third-order valence-electron chi connectivity index (χ3n) is 6.08. The first-order chi connectivity index (χ1) is 14.8. The number of nitrogens with zero attached hydrogens (tertiary/aromatic N) is 1. The standard InChI is InChI=1S/C20H19Br2N3O6/c21-16-10-6-11(17(16)22)15-14(10)19(29)25(20(15)30)7-13(27)31-8-12(26)23-24-18(28)9-4-2-1-3-5-9/h1-5,10-11,14-17H,6-8H2,(H,23,26)(H,24,28)/t10-,11-,14-,15+,16+,17+/m1/s1. The second kappa shape index (κ2) is 8.70. The molecule has 6 atom stereocenters. The number of fused-ring (bicyclic) bond motifs is 5. The fourth-order valence-corrected chi connectivity index (χ4v) is 6.58. The molecule has 2 N–H and O–H groups in total. The number of nitrogens with one attached hydrogen (secondary N) is 2. The van der Waals surface area contributed by atoms with Crippen LogP contribution in [0.25, 0.3) is 0 Å². The summed E-state index contributed by atoms with van der Waals surface area (Å²) >= 11 is 7.20. The third kappa shape index (κ3) is 4.00. The van der Waals surface area contributed by atoms with E-state index in [9.17, 15) is 24.0 Å². The fraction of sp³-hybridized carbons (Fsp3) is 0.450. The van der Waals surface area contributed by atoms with Crippen molar-refractivity contribution in [3.8, 4) is 0 Å². The van der Waals surface area contributed by atoms with Gasteiger partial charge in [0.15, 0.2) is 6.61 Å². The summed E-state index contributed by atoms with van der Waals surface area (Å²) in [6.07, 6.45) is 0.797. The fourth-order valence-electron chi connectivity index (χ4n) is 4.71. The predicted molar refractivity (Wildman–Crippen MR) is 114 cm³/mol. The Morgan fingerprint density at radius 2 is 1.55 bits per heavy atom. The number of ether oxygens (including phenoxy) is 1. The van der Waals surface area contributed by atoms with Crippen molar-refractivity contribution in [3.05, 3.63) is 35.9 Å². The molecule has 0 unspecified atom stereocenters. The van der Waals surface area contributed by atoms with Gasteiger partial charge in [-0.05, 0) is 30.4 Å². The number of hydrazine groups is 1. The van der Waals surface area contributed by atoms with Crippen LogP contribution in [0.5, 0.6) is 0 Å². The van der Waals surface area contributed by atoms with E-state index in [1.54, 1.807) is 30.3 Å². The maximum atomic E-state index is 12.8. The number of rotatable bonds is 5. The molecule has 0 spiro atoms. The van der Waals surface area contributed by atoms with E-state index in [1.165, 1.54) is 0 Å². The second-order valence-corrected chi connectivity index (χ2v) is 9.91. The molecule has 2 saturated carbocycles. The van der Waals surface area contributed by atoms with Crippen molar-refractivity contribution in [1.29, 1.82) is 0 Å². The summed E-state index contributed by atoms with van der Waals surface area (Å²) in [5, 5.41) is 0. The SMILES string of the molecule is O=C(COC(=O)CN1C(=O)[C@@H]2[C@H]3C[C@@H]([C@H](Br)[C@H]3Br)[C@@H]2C1=O)NNC(=O)c1ccccc1. The van der Waals surface area contributed by atoms with E-state index in [0.717, 1.165) is 11.3 Å². The molecule has 2 aliphatic carbocycles. The second-order valence-electron chi connectivity index (χ2n) is 7.80. The Morgan fingerprint density at radius 1 is 0.968 bits per heavy atom. The molecule has 11 heteroatoms. The molecule has 0 aromatic heterocycles. The van der Waals surface area contributed by atoms with Gasteiger partial charge >= 0.3 is 5.97 Å². The number of imide groups is 1. The Labute approximate surface area is 194 Å². The van der Waals surface area contributed by atoms with Gasteiger partial charge in [0, 0.05) is 15.2 Å². The van der Waals surface area contributed by atoms with Crippen molar-refractivity contribution < 1.29 is 28.7 Å². The lowest BCUT2D eigenvalue weighted by Crippen LogP contribution is -2.44. The molecule has 1 saturated heterocycles. The van der Waals surface area contributed by atoms with Gasteiger partial charge in [0.05, 0.1) is 11.8 Å². The molecule has 1 aromatic rings. The highest BCUT2D eigenvalue weighted by molar-refractivity contribution is 9.12. The minimum Gasteiger partial charge on any atom is -0.454 e. The van der Waals surface area contributed by atoms with Gasteiger partial charge in [-0.3, -0.25) is 39.7 Å². The number of hydrogen-bond donors (Lipinski definition) is 2. The molecule has 3 aliphatic rings. The monoisotopic (exact) mass is 555 g/mol. The van der Waals surface area contributed by atoms with Crippen LogP contribution in [0.2, 0.25) is 0 Å². The first-order valence-corrected chi connectivity index (χ1v) is 11.6. The van der Waals surface area contributed by atoms with Crippen LogP contribution in [0.4, 0.5) is 0 Å². The first-order valence-electron chi connectivity index (χ1n) is 9.72. The van der Waals surface area contributed by atoms with Gasteiger partial charge in [-0.2, -0.15) is 0 Å². The van der Waals surface area contributed by atoms with E-state index in [2.05, 4.69) is 42.7 Å². The molecule has 1 heterocycles. The van der Waals surface area contributed by atoms with Gasteiger partial charge in [-0.25, -0.2) is 0 Å². The highest BCUT2D eigenvalue weighted by Crippen LogP contribution is 2.60. The van der Waals surface area contributed by atoms with Gasteiger partial charge in [0.25, 0.3) is 11.8 Å². The summed E-state index contributed by atoms with van der Waals surface area (Å²) in [5.74, 6) is -3.59. The molecular weight excluding hydrogens is 538 g/mol. The first kappa shape index (κ1) is 21.9. The molecule has 4 amide bonds. The lowest BCUT2D eigenvalue weighted by atomic mass is 9.81. The minimum atomic E-state index is -0.871. The molecule has 31 heavy (non-hydrogen) atoms. The Balaban J connectivity index is 1.25. The summed E-state index contributed by atoms with van der Waals surface area (Å²) in [4.78, 5) is 62.5. The van der Waals surface area contributed by atoms with E-state index >= 15 is 0 Å². The molecular formula is C20H19Br2N3O6. The maximum absolute atomic E-state index is 12.8. The number of likely N-dealkylation sites (tertiary alicyclic amines) is 1. The predicted octanol–water partition coefficient (Wildman–Crippen LogP) is 0.769. The minimum absolute atomic E-state index is 0.0517. The molecule has 1 aromatic carbocycles. The number of carbonyl (C=O) groups is 5. The molecule has 9 nitrogen and oxygen atoms in total. The number of amides is 4.